The standard InChI is InChI=1S/C21H27N7/c22-21(18-6-3-5-17(15-18)19-7-1-2-9-24-19)26-11-8-20(27-21)25-10-4-13-28-14-12-23-16-28/h1-3,5-9,11,15,23,25,27H,4,10,12-14,16,22H2. The first-order chi connectivity index (χ1) is 13.7. The van der Waals surface area contributed by atoms with Gasteiger partial charge in [0.15, 0.2) is 0 Å². The minimum atomic E-state index is -0.999. The van der Waals surface area contributed by atoms with Gasteiger partial charge < -0.3 is 16.0 Å². The van der Waals surface area contributed by atoms with Gasteiger partial charge >= 0.3 is 0 Å². The summed E-state index contributed by atoms with van der Waals surface area (Å²) in [5.74, 6) is -0.110. The zero-order chi connectivity index (χ0) is 19.2. The molecule has 146 valence electrons. The average Bonchev–Trinajstić information content (AvgIpc) is 3.26. The average molecular weight is 377 g/mol. The van der Waals surface area contributed by atoms with Gasteiger partial charge in [0.2, 0.25) is 5.79 Å². The van der Waals surface area contributed by atoms with Crippen molar-refractivity contribution in [3.8, 4) is 11.3 Å². The van der Waals surface area contributed by atoms with Crippen molar-refractivity contribution in [3.63, 3.8) is 0 Å². The molecule has 1 aromatic heterocycles. The predicted molar refractivity (Wildman–Crippen MR) is 112 cm³/mol. The Morgan fingerprint density at radius 1 is 1.21 bits per heavy atom. The van der Waals surface area contributed by atoms with E-state index in [1.807, 2.05) is 48.5 Å². The van der Waals surface area contributed by atoms with E-state index in [1.54, 1.807) is 12.4 Å². The van der Waals surface area contributed by atoms with Gasteiger partial charge in [0.1, 0.15) is 5.82 Å². The van der Waals surface area contributed by atoms with E-state index < -0.39 is 5.79 Å². The monoisotopic (exact) mass is 377 g/mol. The highest BCUT2D eigenvalue weighted by Crippen LogP contribution is 2.25. The van der Waals surface area contributed by atoms with E-state index in [9.17, 15) is 0 Å². The number of nitrogens with two attached hydrogens (primary N) is 1. The first-order valence-electron chi connectivity index (χ1n) is 9.74. The number of hydrogen-bond donors (Lipinski definition) is 4. The molecule has 1 unspecified atom stereocenters. The van der Waals surface area contributed by atoms with Crippen molar-refractivity contribution in [2.45, 2.75) is 12.2 Å². The zero-order valence-electron chi connectivity index (χ0n) is 15.9. The number of benzene rings is 1. The second-order valence-electron chi connectivity index (χ2n) is 7.10. The van der Waals surface area contributed by atoms with Crippen molar-refractivity contribution in [1.29, 1.82) is 0 Å². The molecule has 1 aromatic carbocycles. The fraction of sp³-hybridized carbons (Fsp3) is 0.333. The molecular weight excluding hydrogens is 350 g/mol. The quantitative estimate of drug-likeness (QED) is 0.542. The molecule has 0 amide bonds. The fourth-order valence-electron chi connectivity index (χ4n) is 3.48. The molecule has 0 saturated carbocycles. The van der Waals surface area contributed by atoms with Crippen LogP contribution < -0.4 is 21.7 Å². The summed E-state index contributed by atoms with van der Waals surface area (Å²) in [6, 6.07) is 13.9. The third-order valence-electron chi connectivity index (χ3n) is 5.01. The van der Waals surface area contributed by atoms with Gasteiger partial charge in [-0.25, -0.2) is 4.99 Å². The third-order valence-corrected chi connectivity index (χ3v) is 5.01. The first kappa shape index (κ1) is 18.6. The minimum absolute atomic E-state index is 0.882. The topological polar surface area (TPSA) is 90.6 Å². The molecule has 0 aliphatic carbocycles. The molecule has 5 N–H and O–H groups in total. The van der Waals surface area contributed by atoms with Crippen molar-refractivity contribution < 1.29 is 0 Å². The van der Waals surface area contributed by atoms with Crippen LogP contribution >= 0.6 is 0 Å². The second-order valence-corrected chi connectivity index (χ2v) is 7.10. The lowest BCUT2D eigenvalue weighted by atomic mass is 10.0. The number of allylic oxidation sites excluding steroid dienone is 1. The van der Waals surface area contributed by atoms with E-state index in [2.05, 4.69) is 30.8 Å². The van der Waals surface area contributed by atoms with Gasteiger partial charge in [-0.3, -0.25) is 15.6 Å². The van der Waals surface area contributed by atoms with Gasteiger partial charge in [-0.15, -0.1) is 0 Å². The maximum Gasteiger partial charge on any atom is 0.210 e. The van der Waals surface area contributed by atoms with Crippen LogP contribution in [-0.2, 0) is 5.79 Å². The Labute approximate surface area is 165 Å². The summed E-state index contributed by atoms with van der Waals surface area (Å²) in [5.41, 5.74) is 9.42. The number of aromatic nitrogens is 1. The van der Waals surface area contributed by atoms with E-state index in [4.69, 9.17) is 5.73 Å². The predicted octanol–water partition coefficient (Wildman–Crippen LogP) is 1.18. The highest BCUT2D eigenvalue weighted by Gasteiger charge is 2.28. The lowest BCUT2D eigenvalue weighted by Gasteiger charge is -2.32. The van der Waals surface area contributed by atoms with Crippen LogP contribution in [0.15, 0.2) is 65.6 Å². The zero-order valence-corrected chi connectivity index (χ0v) is 15.9. The van der Waals surface area contributed by atoms with Crippen molar-refractivity contribution in [2.75, 3.05) is 32.8 Å². The second kappa shape index (κ2) is 8.52. The van der Waals surface area contributed by atoms with Crippen LogP contribution in [0.2, 0.25) is 0 Å². The van der Waals surface area contributed by atoms with Crippen LogP contribution in [0.25, 0.3) is 11.3 Å². The molecule has 2 aromatic rings. The largest absolute Gasteiger partial charge is 0.372 e. The molecule has 0 spiro atoms. The molecule has 7 nitrogen and oxygen atoms in total. The molecule has 0 radical (unpaired) electrons. The summed E-state index contributed by atoms with van der Waals surface area (Å²) in [6.45, 7) is 5.18. The molecular formula is C21H27N7. The molecule has 1 saturated heterocycles. The van der Waals surface area contributed by atoms with E-state index in [0.29, 0.717) is 0 Å². The van der Waals surface area contributed by atoms with Crippen molar-refractivity contribution >= 4 is 6.21 Å². The van der Waals surface area contributed by atoms with Crippen LogP contribution in [0.5, 0.6) is 0 Å². The molecule has 2 aliphatic heterocycles. The maximum absolute atomic E-state index is 6.59. The summed E-state index contributed by atoms with van der Waals surface area (Å²) < 4.78 is 0. The number of pyridine rings is 1. The number of aliphatic imine (C=N–C) groups is 1. The smallest absolute Gasteiger partial charge is 0.210 e. The van der Waals surface area contributed by atoms with Crippen molar-refractivity contribution in [1.82, 2.24) is 25.8 Å². The summed E-state index contributed by atoms with van der Waals surface area (Å²) in [5, 5.41) is 10.1. The number of nitrogens with one attached hydrogen (secondary N) is 3. The first-order valence-corrected chi connectivity index (χ1v) is 9.74. The lowest BCUT2D eigenvalue weighted by Crippen LogP contribution is -2.52. The van der Waals surface area contributed by atoms with Crippen LogP contribution in [0.4, 0.5) is 0 Å². The number of hydrogen-bond acceptors (Lipinski definition) is 7. The number of rotatable bonds is 7. The molecule has 2 aliphatic rings. The molecule has 3 heterocycles. The van der Waals surface area contributed by atoms with E-state index >= 15 is 0 Å². The van der Waals surface area contributed by atoms with Gasteiger partial charge in [0.05, 0.1) is 5.69 Å². The van der Waals surface area contributed by atoms with Crippen LogP contribution in [0.1, 0.15) is 12.0 Å². The van der Waals surface area contributed by atoms with Gasteiger partial charge in [-0.05, 0) is 30.7 Å². The summed E-state index contributed by atoms with van der Waals surface area (Å²) >= 11 is 0. The highest BCUT2D eigenvalue weighted by molar-refractivity contribution is 5.74. The maximum atomic E-state index is 6.59. The van der Waals surface area contributed by atoms with Crippen LogP contribution in [0, 0.1) is 0 Å². The molecule has 28 heavy (non-hydrogen) atoms. The van der Waals surface area contributed by atoms with Gasteiger partial charge in [0, 0.05) is 56.4 Å². The normalized spacial score (nSPS) is 22.0. The van der Waals surface area contributed by atoms with E-state index in [0.717, 1.165) is 61.9 Å². The van der Waals surface area contributed by atoms with Crippen molar-refractivity contribution in [2.24, 2.45) is 10.7 Å². The Balaban J connectivity index is 1.38. The van der Waals surface area contributed by atoms with Gasteiger partial charge in [0.25, 0.3) is 0 Å². The van der Waals surface area contributed by atoms with E-state index in [1.165, 1.54) is 0 Å². The summed E-state index contributed by atoms with van der Waals surface area (Å²) in [7, 11) is 0. The lowest BCUT2D eigenvalue weighted by molar-refractivity contribution is 0.325. The highest BCUT2D eigenvalue weighted by atomic mass is 15.3. The Hall–Kier alpha value is -2.74. The van der Waals surface area contributed by atoms with Gasteiger partial charge in [-0.1, -0.05) is 24.3 Å². The Bertz CT molecular complexity index is 843. The molecule has 0 bridgehead atoms. The molecule has 1 fully saturated rings. The van der Waals surface area contributed by atoms with Gasteiger partial charge in [-0.2, -0.15) is 0 Å². The third kappa shape index (κ3) is 4.39. The minimum Gasteiger partial charge on any atom is -0.372 e. The fourth-order valence-corrected chi connectivity index (χ4v) is 3.48. The molecule has 1 atom stereocenters. The molecule has 7 heteroatoms. The summed E-state index contributed by atoms with van der Waals surface area (Å²) in [4.78, 5) is 11.3. The number of nitrogens with zero attached hydrogens (tertiary/aromatic N) is 3. The Kier molecular flexibility index (Phi) is 5.66. The van der Waals surface area contributed by atoms with Crippen molar-refractivity contribution in [3.05, 3.63) is 66.1 Å². The van der Waals surface area contributed by atoms with E-state index in [-0.39, 0.29) is 0 Å². The molecule has 4 rings (SSSR count). The van der Waals surface area contributed by atoms with Crippen LogP contribution in [-0.4, -0.2) is 48.9 Å². The Morgan fingerprint density at radius 2 is 2.18 bits per heavy atom. The Morgan fingerprint density at radius 3 is 3.00 bits per heavy atom. The van der Waals surface area contributed by atoms with Crippen LogP contribution in [0.3, 0.4) is 0 Å². The summed E-state index contributed by atoms with van der Waals surface area (Å²) in [6.07, 6.45) is 6.55. The SMILES string of the molecule is NC1(c2cccc(-c3ccccn3)c2)N=CC=C(NCCCN2CCNC2)N1.